The number of nitriles is 1. The Morgan fingerprint density at radius 2 is 1.93 bits per heavy atom. The van der Waals surface area contributed by atoms with Crippen LogP contribution in [-0.2, 0) is 0 Å². The molecule has 2 atom stereocenters. The van der Waals surface area contributed by atoms with Crippen molar-refractivity contribution >= 4 is 0 Å². The van der Waals surface area contributed by atoms with E-state index >= 15 is 0 Å². The van der Waals surface area contributed by atoms with Gasteiger partial charge in [-0.3, -0.25) is 5.32 Å². The van der Waals surface area contributed by atoms with Crippen LogP contribution in [0.2, 0.25) is 0 Å². The molecular formula is C12H18N2O. The van der Waals surface area contributed by atoms with Gasteiger partial charge in [-0.05, 0) is 50.4 Å². The molecule has 0 aromatic rings. The molecule has 82 valence electrons. The van der Waals surface area contributed by atoms with Crippen LogP contribution in [0.25, 0.3) is 0 Å². The van der Waals surface area contributed by atoms with E-state index in [-0.39, 0.29) is 5.54 Å². The minimum atomic E-state index is -0.410. The molecule has 4 aliphatic rings. The number of nitrogens with one attached hydrogen (secondary N) is 1. The Labute approximate surface area is 90.5 Å². The molecule has 4 saturated carbocycles. The van der Waals surface area contributed by atoms with Crippen LogP contribution in [0.4, 0.5) is 0 Å². The van der Waals surface area contributed by atoms with E-state index in [1.54, 1.807) is 0 Å². The molecular weight excluding hydrogens is 188 g/mol. The smallest absolute Gasteiger partial charge is 0.0845 e. The molecule has 0 aromatic heterocycles. The van der Waals surface area contributed by atoms with Gasteiger partial charge in [0.1, 0.15) is 0 Å². The normalized spacial score (nSPS) is 51.7. The monoisotopic (exact) mass is 206 g/mol. The molecule has 2 unspecified atom stereocenters. The summed E-state index contributed by atoms with van der Waals surface area (Å²) < 4.78 is 0. The summed E-state index contributed by atoms with van der Waals surface area (Å²) in [6.07, 6.45) is 6.52. The lowest BCUT2D eigenvalue weighted by Gasteiger charge is -2.60. The summed E-state index contributed by atoms with van der Waals surface area (Å²) in [6, 6.07) is 2.16. The van der Waals surface area contributed by atoms with Crippen LogP contribution in [0, 0.1) is 23.2 Å². The molecule has 3 heteroatoms. The van der Waals surface area contributed by atoms with Crippen molar-refractivity contribution in [1.29, 1.82) is 5.26 Å². The number of hydrogen-bond acceptors (Lipinski definition) is 3. The van der Waals surface area contributed by atoms with Crippen LogP contribution in [0.1, 0.15) is 38.5 Å². The van der Waals surface area contributed by atoms with E-state index in [2.05, 4.69) is 11.4 Å². The molecule has 15 heavy (non-hydrogen) atoms. The predicted molar refractivity (Wildman–Crippen MR) is 56.0 cm³/mol. The van der Waals surface area contributed by atoms with Gasteiger partial charge in [0, 0.05) is 5.54 Å². The van der Waals surface area contributed by atoms with Crippen molar-refractivity contribution in [2.24, 2.45) is 11.8 Å². The SMILES string of the molecule is N#CCNC12CC3CC(CC(O)(C3)C1)C2. The van der Waals surface area contributed by atoms with Crippen molar-refractivity contribution in [2.45, 2.75) is 49.7 Å². The lowest BCUT2D eigenvalue weighted by atomic mass is 9.51. The third-order valence-electron chi connectivity index (χ3n) is 4.57. The standard InChI is InChI=1S/C12H18N2O/c13-1-2-14-11-4-9-3-10(5-11)7-12(15,6-9)8-11/h9-10,14-15H,2-8H2. The molecule has 0 heterocycles. The van der Waals surface area contributed by atoms with Crippen molar-refractivity contribution in [3.8, 4) is 6.07 Å². The van der Waals surface area contributed by atoms with Gasteiger partial charge in [0.05, 0.1) is 18.2 Å². The highest BCUT2D eigenvalue weighted by molar-refractivity contribution is 5.12. The first-order chi connectivity index (χ1) is 7.13. The highest BCUT2D eigenvalue weighted by Crippen LogP contribution is 2.57. The maximum Gasteiger partial charge on any atom is 0.0845 e. The van der Waals surface area contributed by atoms with E-state index in [4.69, 9.17) is 5.26 Å². The Morgan fingerprint density at radius 1 is 1.27 bits per heavy atom. The van der Waals surface area contributed by atoms with Crippen molar-refractivity contribution in [3.63, 3.8) is 0 Å². The van der Waals surface area contributed by atoms with E-state index in [1.807, 2.05) is 0 Å². The first kappa shape index (κ1) is 9.62. The summed E-state index contributed by atoms with van der Waals surface area (Å²) in [6.45, 7) is 0.426. The Balaban J connectivity index is 1.84. The van der Waals surface area contributed by atoms with Gasteiger partial charge < -0.3 is 5.11 Å². The van der Waals surface area contributed by atoms with Crippen LogP contribution in [-0.4, -0.2) is 22.8 Å². The number of hydrogen-bond donors (Lipinski definition) is 2. The van der Waals surface area contributed by atoms with E-state index in [9.17, 15) is 5.11 Å². The summed E-state index contributed by atoms with van der Waals surface area (Å²) in [4.78, 5) is 0. The van der Waals surface area contributed by atoms with Crippen molar-refractivity contribution in [1.82, 2.24) is 5.32 Å². The molecule has 0 radical (unpaired) electrons. The van der Waals surface area contributed by atoms with Gasteiger partial charge in [-0.1, -0.05) is 0 Å². The van der Waals surface area contributed by atoms with Crippen molar-refractivity contribution in [3.05, 3.63) is 0 Å². The minimum absolute atomic E-state index is 0.0918. The van der Waals surface area contributed by atoms with E-state index in [0.717, 1.165) is 19.3 Å². The zero-order chi connectivity index (χ0) is 10.5. The fraction of sp³-hybridized carbons (Fsp3) is 0.917. The summed E-state index contributed by atoms with van der Waals surface area (Å²) in [5.41, 5.74) is -0.318. The molecule has 2 N–H and O–H groups in total. The second kappa shape index (κ2) is 2.96. The summed E-state index contributed by atoms with van der Waals surface area (Å²) in [7, 11) is 0. The van der Waals surface area contributed by atoms with Crippen molar-refractivity contribution in [2.75, 3.05) is 6.54 Å². The van der Waals surface area contributed by atoms with Gasteiger partial charge in [-0.2, -0.15) is 5.26 Å². The topological polar surface area (TPSA) is 56.0 Å². The van der Waals surface area contributed by atoms with Crippen molar-refractivity contribution < 1.29 is 5.11 Å². The summed E-state index contributed by atoms with van der Waals surface area (Å²) in [5, 5.41) is 22.5. The largest absolute Gasteiger partial charge is 0.390 e. The molecule has 4 rings (SSSR count). The average Bonchev–Trinajstić information content (AvgIpc) is 2.10. The second-order valence-corrected chi connectivity index (χ2v) is 5.98. The second-order valence-electron chi connectivity index (χ2n) is 5.98. The van der Waals surface area contributed by atoms with Crippen LogP contribution in [0.3, 0.4) is 0 Å². The van der Waals surface area contributed by atoms with Gasteiger partial charge in [0.2, 0.25) is 0 Å². The summed E-state index contributed by atoms with van der Waals surface area (Å²) >= 11 is 0. The quantitative estimate of drug-likeness (QED) is 0.667. The summed E-state index contributed by atoms with van der Waals surface area (Å²) in [5.74, 6) is 1.39. The van der Waals surface area contributed by atoms with Gasteiger partial charge in [0.15, 0.2) is 0 Å². The predicted octanol–water partition coefficient (Wildman–Crippen LogP) is 1.18. The first-order valence-electron chi connectivity index (χ1n) is 5.98. The van der Waals surface area contributed by atoms with E-state index in [1.165, 1.54) is 19.3 Å². The van der Waals surface area contributed by atoms with Gasteiger partial charge in [-0.15, -0.1) is 0 Å². The highest BCUT2D eigenvalue weighted by atomic mass is 16.3. The Hall–Kier alpha value is -0.590. The molecule has 3 nitrogen and oxygen atoms in total. The molecule has 0 spiro atoms. The molecule has 0 amide bonds. The van der Waals surface area contributed by atoms with Crippen LogP contribution < -0.4 is 5.32 Å². The van der Waals surface area contributed by atoms with Gasteiger partial charge in [-0.25, -0.2) is 0 Å². The Kier molecular flexibility index (Phi) is 1.90. The molecule has 0 aliphatic heterocycles. The molecule has 0 saturated heterocycles. The molecule has 0 aromatic carbocycles. The number of rotatable bonds is 2. The fourth-order valence-electron chi connectivity index (χ4n) is 4.65. The van der Waals surface area contributed by atoms with Crippen LogP contribution in [0.5, 0.6) is 0 Å². The maximum atomic E-state index is 10.4. The van der Waals surface area contributed by atoms with E-state index < -0.39 is 5.60 Å². The van der Waals surface area contributed by atoms with Gasteiger partial charge in [0.25, 0.3) is 0 Å². The third kappa shape index (κ3) is 1.47. The first-order valence-corrected chi connectivity index (χ1v) is 5.98. The van der Waals surface area contributed by atoms with Crippen LogP contribution >= 0.6 is 0 Å². The zero-order valence-corrected chi connectivity index (χ0v) is 9.00. The Bertz CT molecular complexity index is 306. The Morgan fingerprint density at radius 3 is 2.47 bits per heavy atom. The van der Waals surface area contributed by atoms with Gasteiger partial charge >= 0.3 is 0 Å². The minimum Gasteiger partial charge on any atom is -0.390 e. The molecule has 4 fully saturated rings. The molecule has 4 bridgehead atoms. The molecule has 4 aliphatic carbocycles. The van der Waals surface area contributed by atoms with E-state index in [0.29, 0.717) is 18.4 Å². The number of nitrogens with zero attached hydrogens (tertiary/aromatic N) is 1. The lowest BCUT2D eigenvalue weighted by molar-refractivity contribution is -0.141. The zero-order valence-electron chi connectivity index (χ0n) is 9.00. The van der Waals surface area contributed by atoms with Crippen LogP contribution in [0.15, 0.2) is 0 Å². The fourth-order valence-corrected chi connectivity index (χ4v) is 4.65. The third-order valence-corrected chi connectivity index (χ3v) is 4.57. The highest BCUT2D eigenvalue weighted by Gasteiger charge is 2.56. The number of aliphatic hydroxyl groups is 1. The average molecular weight is 206 g/mol. The lowest BCUT2D eigenvalue weighted by Crippen LogP contribution is -2.64. The maximum absolute atomic E-state index is 10.4.